The zero-order chi connectivity index (χ0) is 50.6. The molecule has 67 heavy (non-hydrogen) atoms. The third-order valence-corrected chi connectivity index (χ3v) is 11.5. The predicted molar refractivity (Wildman–Crippen MR) is 243 cm³/mol. The first-order chi connectivity index (χ1) is 31.3. The highest BCUT2D eigenvalue weighted by molar-refractivity contribution is 14.1. The van der Waals surface area contributed by atoms with Gasteiger partial charge in [0.05, 0.1) is 30.0 Å². The van der Waals surface area contributed by atoms with Crippen LogP contribution >= 0.6 is 22.6 Å². The van der Waals surface area contributed by atoms with Crippen LogP contribution in [-0.2, 0) is 69.1 Å². The number of hydrogen-bond acceptors (Lipinski definition) is 16. The van der Waals surface area contributed by atoms with Crippen molar-refractivity contribution in [1.29, 1.82) is 0 Å². The van der Waals surface area contributed by atoms with Crippen LogP contribution in [-0.4, -0.2) is 166 Å². The maximum absolute atomic E-state index is 12.7. The van der Waals surface area contributed by atoms with Crippen LogP contribution in [0.25, 0.3) is 0 Å². The number of carboxylic acids is 3. The van der Waals surface area contributed by atoms with Crippen LogP contribution in [0.4, 0.5) is 0 Å². The number of carbonyl (C=O) groups excluding carboxylic acids is 6. The summed E-state index contributed by atoms with van der Waals surface area (Å²) in [6.07, 6.45) is -0.183. The number of halogens is 1. The van der Waals surface area contributed by atoms with E-state index in [0.29, 0.717) is 42.5 Å². The Morgan fingerprint density at radius 3 is 1.79 bits per heavy atom. The topological polar surface area (TPSA) is 394 Å². The standard InChI is InChI=1S/C39H65IN10O16S/c1-38(2,20-28-46-49-50-47-28)24-39(3,4)21-32(54)48-67(63,64)19-7-9-30(52)43-27(37(61)62)11-13-31(53)44-26(36(59)60)10-12-29(51)42-15-16-65-17-18-66-23-34(56)45-25(35(57)58)8-5-6-14-41-33(55)22-40/h25-27H,5-24H2,1-4H3,(H,41,55)(H,42,51)(H,43,52)(H,44,53)(H,45,56)(H,48,54)(H,57,58)(H,59,60)(H,61,62)(H,46,47,49,50). The summed E-state index contributed by atoms with van der Waals surface area (Å²) in [6.45, 7) is 7.63. The first-order valence-corrected chi connectivity index (χ1v) is 24.6. The number of nitrogens with zero attached hydrogens (tertiary/aromatic N) is 3. The van der Waals surface area contributed by atoms with E-state index in [0.717, 1.165) is 0 Å². The lowest BCUT2D eigenvalue weighted by atomic mass is 9.71. The van der Waals surface area contributed by atoms with Crippen LogP contribution < -0.4 is 31.3 Å². The molecule has 0 fully saturated rings. The molecule has 1 rings (SSSR count). The number of carboxylic acid groups (broad SMARTS) is 3. The molecule has 0 bridgehead atoms. The lowest BCUT2D eigenvalue weighted by Crippen LogP contribution is -2.44. The number of unbranched alkanes of at least 4 members (excludes halogenated alkanes) is 1. The van der Waals surface area contributed by atoms with Crippen molar-refractivity contribution in [3.8, 4) is 0 Å². The second-order valence-corrected chi connectivity index (χ2v) is 19.7. The lowest BCUT2D eigenvalue weighted by Gasteiger charge is -2.34. The zero-order valence-electron chi connectivity index (χ0n) is 38.2. The Morgan fingerprint density at radius 1 is 0.657 bits per heavy atom. The smallest absolute Gasteiger partial charge is 0.326 e. The van der Waals surface area contributed by atoms with E-state index < -0.39 is 113 Å². The number of aliphatic carboxylic acids is 3. The first kappa shape index (κ1) is 59.9. The fraction of sp³-hybridized carbons (Fsp3) is 0.744. The van der Waals surface area contributed by atoms with Crippen molar-refractivity contribution < 1.29 is 76.4 Å². The SMILES string of the molecule is CC(C)(CC(=O)NS(=O)(=O)CCCC(=O)NC(CCC(=O)NC(CCC(=O)NCCOCCOCC(=O)NC(CCCCNC(=O)CI)C(=O)O)C(=O)O)C(=O)O)CC(C)(C)Cc1nnn[nH]1. The minimum Gasteiger partial charge on any atom is -0.480 e. The largest absolute Gasteiger partial charge is 0.480 e. The Hall–Kier alpha value is -5.10. The summed E-state index contributed by atoms with van der Waals surface area (Å²) in [4.78, 5) is 108. The van der Waals surface area contributed by atoms with E-state index >= 15 is 0 Å². The molecular formula is C39H65IN10O16S. The minimum atomic E-state index is -4.14. The average Bonchev–Trinajstić information content (AvgIpc) is 3.71. The van der Waals surface area contributed by atoms with Gasteiger partial charge in [0.2, 0.25) is 45.5 Å². The molecule has 6 amide bonds. The van der Waals surface area contributed by atoms with Crippen LogP contribution in [0.1, 0.15) is 104 Å². The van der Waals surface area contributed by atoms with E-state index in [9.17, 15) is 66.9 Å². The van der Waals surface area contributed by atoms with Gasteiger partial charge in [0.1, 0.15) is 30.6 Å². The highest BCUT2D eigenvalue weighted by Crippen LogP contribution is 2.38. The number of tetrazole rings is 1. The summed E-state index contributed by atoms with van der Waals surface area (Å²) in [5.41, 5.74) is -0.938. The molecule has 0 saturated heterocycles. The van der Waals surface area contributed by atoms with Crippen LogP contribution in [0, 0.1) is 10.8 Å². The van der Waals surface area contributed by atoms with E-state index in [2.05, 4.69) is 47.2 Å². The molecule has 1 heterocycles. The van der Waals surface area contributed by atoms with Crippen molar-refractivity contribution in [3.05, 3.63) is 5.82 Å². The molecule has 380 valence electrons. The third-order valence-electron chi connectivity index (χ3n) is 9.47. The Morgan fingerprint density at radius 2 is 1.21 bits per heavy atom. The molecule has 0 radical (unpaired) electrons. The molecule has 26 nitrogen and oxygen atoms in total. The summed E-state index contributed by atoms with van der Waals surface area (Å²) in [5, 5.41) is 54.2. The number of nitrogens with one attached hydrogen (secondary N) is 7. The highest BCUT2D eigenvalue weighted by Gasteiger charge is 2.33. The highest BCUT2D eigenvalue weighted by atomic mass is 127. The molecule has 3 atom stereocenters. The number of sulfonamides is 1. The summed E-state index contributed by atoms with van der Waals surface area (Å²) in [5.74, 6) is -7.95. The fourth-order valence-corrected chi connectivity index (χ4v) is 8.14. The van der Waals surface area contributed by atoms with Gasteiger partial charge in [-0.3, -0.25) is 33.5 Å². The van der Waals surface area contributed by atoms with Crippen molar-refractivity contribution in [2.24, 2.45) is 10.8 Å². The quantitative estimate of drug-likeness (QED) is 0.0216. The molecule has 0 saturated carbocycles. The summed E-state index contributed by atoms with van der Waals surface area (Å²) in [7, 11) is -4.14. The van der Waals surface area contributed by atoms with Gasteiger partial charge in [0.25, 0.3) is 0 Å². The fourth-order valence-electron chi connectivity index (χ4n) is 6.82. The van der Waals surface area contributed by atoms with E-state index in [1.54, 1.807) is 0 Å². The van der Waals surface area contributed by atoms with Crippen molar-refractivity contribution in [2.75, 3.05) is 49.7 Å². The van der Waals surface area contributed by atoms with Crippen molar-refractivity contribution in [3.63, 3.8) is 0 Å². The Bertz CT molecular complexity index is 1900. The molecule has 10 N–H and O–H groups in total. The van der Waals surface area contributed by atoms with Gasteiger partial charge in [-0.05, 0) is 66.2 Å². The van der Waals surface area contributed by atoms with E-state index in [1.807, 2.05) is 55.0 Å². The van der Waals surface area contributed by atoms with Crippen LogP contribution in [0.5, 0.6) is 0 Å². The maximum atomic E-state index is 12.7. The molecule has 0 aliphatic carbocycles. The number of rotatable bonds is 37. The average molecular weight is 1090 g/mol. The third kappa shape index (κ3) is 29.3. The Kier molecular flexibility index (Phi) is 27.8. The summed E-state index contributed by atoms with van der Waals surface area (Å²) in [6, 6.07) is -4.20. The van der Waals surface area contributed by atoms with E-state index in [-0.39, 0.29) is 69.8 Å². The maximum Gasteiger partial charge on any atom is 0.326 e. The number of amides is 6. The summed E-state index contributed by atoms with van der Waals surface area (Å²) < 4.78 is 38.0. The molecule has 0 aliphatic rings. The molecular weight excluding hydrogens is 1020 g/mol. The number of carbonyl (C=O) groups is 9. The second kappa shape index (κ2) is 31.0. The molecule has 0 spiro atoms. The van der Waals surface area contributed by atoms with E-state index in [4.69, 9.17) is 9.47 Å². The molecule has 1 aromatic heterocycles. The van der Waals surface area contributed by atoms with Gasteiger partial charge in [-0.2, -0.15) is 0 Å². The van der Waals surface area contributed by atoms with Gasteiger partial charge >= 0.3 is 17.9 Å². The molecule has 0 aliphatic heterocycles. The molecule has 3 unspecified atom stereocenters. The van der Waals surface area contributed by atoms with Gasteiger partial charge in [-0.25, -0.2) is 27.9 Å². The number of aromatic amines is 1. The number of aromatic nitrogens is 4. The lowest BCUT2D eigenvalue weighted by molar-refractivity contribution is -0.143. The van der Waals surface area contributed by atoms with Crippen molar-refractivity contribution >= 4 is 86.0 Å². The van der Waals surface area contributed by atoms with Crippen LogP contribution in [0.3, 0.4) is 0 Å². The zero-order valence-corrected chi connectivity index (χ0v) is 41.1. The second-order valence-electron chi connectivity index (χ2n) is 17.1. The minimum absolute atomic E-state index is 0.0184. The Balaban J connectivity index is 2.35. The first-order valence-electron chi connectivity index (χ1n) is 21.4. The normalized spacial score (nSPS) is 13.0. The van der Waals surface area contributed by atoms with Gasteiger partial charge in [0, 0.05) is 45.2 Å². The predicted octanol–water partition coefficient (Wildman–Crippen LogP) is -1.06. The van der Waals surface area contributed by atoms with Gasteiger partial charge in [-0.15, -0.1) is 5.10 Å². The monoisotopic (exact) mass is 1090 g/mol. The molecule has 1 aromatic rings. The molecule has 28 heteroatoms. The van der Waals surface area contributed by atoms with Gasteiger partial charge < -0.3 is 51.4 Å². The van der Waals surface area contributed by atoms with Gasteiger partial charge in [-0.1, -0.05) is 50.3 Å². The van der Waals surface area contributed by atoms with Crippen LogP contribution in [0.15, 0.2) is 0 Å². The van der Waals surface area contributed by atoms with Gasteiger partial charge in [0.15, 0.2) is 0 Å². The Labute approximate surface area is 401 Å². The van der Waals surface area contributed by atoms with Crippen molar-refractivity contribution in [1.82, 2.24) is 51.9 Å². The number of H-pyrrole nitrogens is 1. The van der Waals surface area contributed by atoms with E-state index in [1.165, 1.54) is 0 Å². The number of hydrogen-bond donors (Lipinski definition) is 10. The van der Waals surface area contributed by atoms with Crippen LogP contribution in [0.2, 0.25) is 0 Å². The summed E-state index contributed by atoms with van der Waals surface area (Å²) >= 11 is 1.92. The molecule has 0 aromatic carbocycles. The number of ether oxygens (including phenoxy) is 2. The number of alkyl halides is 1. The van der Waals surface area contributed by atoms with Crippen molar-refractivity contribution in [2.45, 2.75) is 123 Å².